The lowest BCUT2D eigenvalue weighted by molar-refractivity contribution is 0.0939. The van der Waals surface area contributed by atoms with Crippen molar-refractivity contribution in [2.24, 2.45) is 0 Å². The third-order valence-corrected chi connectivity index (χ3v) is 2.47. The van der Waals surface area contributed by atoms with Gasteiger partial charge in [0.15, 0.2) is 23.3 Å². The van der Waals surface area contributed by atoms with Gasteiger partial charge >= 0.3 is 0 Å². The lowest BCUT2D eigenvalue weighted by Gasteiger charge is -2.29. The van der Waals surface area contributed by atoms with Gasteiger partial charge in [0.2, 0.25) is 0 Å². The smallest absolute Gasteiger partial charge is 0.213 e. The van der Waals surface area contributed by atoms with Crippen LogP contribution < -0.4 is 0 Å². The van der Waals surface area contributed by atoms with Crippen molar-refractivity contribution < 1.29 is 26.3 Å². The van der Waals surface area contributed by atoms with Crippen molar-refractivity contribution in [3.63, 3.8) is 0 Å². The number of alkyl halides is 4. The first-order valence-corrected chi connectivity index (χ1v) is 3.77. The van der Waals surface area contributed by atoms with E-state index in [-0.39, 0.29) is 0 Å². The summed E-state index contributed by atoms with van der Waals surface area (Å²) in [4.78, 5) is 0. The Bertz CT molecular complexity index is 308. The van der Waals surface area contributed by atoms with Gasteiger partial charge in [-0.3, -0.25) is 0 Å². The van der Waals surface area contributed by atoms with Crippen LogP contribution in [0.1, 0.15) is 0 Å². The Morgan fingerprint density at radius 3 is 1.14 bits per heavy atom. The number of hydrogen-bond donors (Lipinski definition) is 0. The first-order chi connectivity index (χ1) is 6.14. The Balaban J connectivity index is 3.48. The Kier molecular flexibility index (Phi) is 2.56. The number of halogens is 8. The van der Waals surface area contributed by atoms with Crippen LogP contribution in [-0.4, -0.2) is 10.3 Å². The summed E-state index contributed by atoms with van der Waals surface area (Å²) in [6.07, 6.45) is 0. The highest BCUT2D eigenvalue weighted by Gasteiger charge is 2.64. The van der Waals surface area contributed by atoms with E-state index in [1.165, 1.54) is 0 Å². The van der Waals surface area contributed by atoms with Crippen LogP contribution in [0.15, 0.2) is 23.3 Å². The second kappa shape index (κ2) is 3.06. The topological polar surface area (TPSA) is 0 Å². The van der Waals surface area contributed by atoms with E-state index in [0.29, 0.717) is 0 Å². The lowest BCUT2D eigenvalue weighted by atomic mass is 10.1. The molecule has 0 saturated carbocycles. The van der Waals surface area contributed by atoms with Gasteiger partial charge in [-0.25, -0.2) is 26.3 Å². The van der Waals surface area contributed by atoms with E-state index in [0.717, 1.165) is 0 Å². The van der Waals surface area contributed by atoms with Crippen LogP contribution in [0.5, 0.6) is 0 Å². The molecule has 0 N–H and O–H groups in total. The minimum absolute atomic E-state index is 2.55. The predicted octanol–water partition coefficient (Wildman–Crippen LogP) is 4.11. The molecule has 0 nitrogen and oxygen atoms in total. The summed E-state index contributed by atoms with van der Waals surface area (Å²) < 4.78 is 75.4. The summed E-state index contributed by atoms with van der Waals surface area (Å²) in [5.74, 6) is -10.4. The summed E-state index contributed by atoms with van der Waals surface area (Å²) >= 11 is 8.96. The van der Waals surface area contributed by atoms with Crippen molar-refractivity contribution in [3.8, 4) is 0 Å². The summed E-state index contributed by atoms with van der Waals surface area (Å²) in [6.45, 7) is 0. The Hall–Kier alpha value is -0.360. The summed E-state index contributed by atoms with van der Waals surface area (Å²) in [5, 5.41) is -8.61. The van der Waals surface area contributed by atoms with Crippen molar-refractivity contribution in [1.82, 2.24) is 0 Å². The zero-order chi connectivity index (χ0) is 11.3. The second-order valence-electron chi connectivity index (χ2n) is 2.40. The van der Waals surface area contributed by atoms with Crippen molar-refractivity contribution >= 4 is 23.2 Å². The highest BCUT2D eigenvalue weighted by Crippen LogP contribution is 2.55. The van der Waals surface area contributed by atoms with Crippen LogP contribution in [0.4, 0.5) is 26.3 Å². The van der Waals surface area contributed by atoms with Crippen molar-refractivity contribution in [1.29, 1.82) is 0 Å². The van der Waals surface area contributed by atoms with Gasteiger partial charge in [-0.05, 0) is 0 Å². The maximum atomic E-state index is 12.9. The minimum Gasteiger partial charge on any atom is -0.213 e. The minimum atomic E-state index is -4.31. The Labute approximate surface area is 83.8 Å². The molecule has 0 spiro atoms. The average Bonchev–Trinajstić information content (AvgIpc) is 2.10. The van der Waals surface area contributed by atoms with Crippen LogP contribution >= 0.6 is 23.2 Å². The molecule has 0 aromatic heterocycles. The van der Waals surface area contributed by atoms with Crippen molar-refractivity contribution in [2.45, 2.75) is 10.3 Å². The third kappa shape index (κ3) is 1.24. The molecule has 1 aliphatic rings. The normalized spacial score (nSPS) is 39.4. The molecule has 1 aliphatic carbocycles. The first kappa shape index (κ1) is 11.7. The van der Waals surface area contributed by atoms with Gasteiger partial charge < -0.3 is 0 Å². The largest absolute Gasteiger partial charge is 0.292 e. The van der Waals surface area contributed by atoms with Crippen LogP contribution in [0.2, 0.25) is 0 Å². The van der Waals surface area contributed by atoms with Gasteiger partial charge in [-0.15, -0.1) is 0 Å². The van der Waals surface area contributed by atoms with E-state index in [9.17, 15) is 26.3 Å². The summed E-state index contributed by atoms with van der Waals surface area (Å²) in [7, 11) is 0. The molecule has 0 fully saturated rings. The fourth-order valence-corrected chi connectivity index (χ4v) is 1.08. The average molecular weight is 257 g/mol. The van der Waals surface area contributed by atoms with Crippen LogP contribution in [0.25, 0.3) is 0 Å². The molecule has 0 aromatic rings. The highest BCUT2D eigenvalue weighted by molar-refractivity contribution is 6.36. The van der Waals surface area contributed by atoms with E-state index in [4.69, 9.17) is 0 Å². The second-order valence-corrected chi connectivity index (χ2v) is 3.45. The van der Waals surface area contributed by atoms with E-state index in [2.05, 4.69) is 23.2 Å². The molecule has 0 aromatic carbocycles. The van der Waals surface area contributed by atoms with Crippen molar-refractivity contribution in [2.75, 3.05) is 0 Å². The number of allylic oxidation sites excluding steroid dienone is 4. The standard InChI is InChI=1S/C6Cl2F6/c7-5(13)3(11)1(9)2(10)4(12)6(5,8)14. The van der Waals surface area contributed by atoms with E-state index in [1.807, 2.05) is 0 Å². The molecule has 1 rings (SSSR count). The van der Waals surface area contributed by atoms with Gasteiger partial charge in [0, 0.05) is 0 Å². The third-order valence-electron chi connectivity index (χ3n) is 1.52. The number of rotatable bonds is 0. The van der Waals surface area contributed by atoms with Gasteiger partial charge in [0.25, 0.3) is 10.3 Å². The molecule has 0 aliphatic heterocycles. The molecule has 0 radical (unpaired) electrons. The van der Waals surface area contributed by atoms with Gasteiger partial charge in [0.05, 0.1) is 0 Å². The van der Waals surface area contributed by atoms with E-state index < -0.39 is 33.6 Å². The quantitative estimate of drug-likeness (QED) is 0.452. The maximum Gasteiger partial charge on any atom is 0.292 e. The molecule has 0 heterocycles. The molecule has 2 unspecified atom stereocenters. The monoisotopic (exact) mass is 256 g/mol. The fraction of sp³-hybridized carbons (Fsp3) is 0.333. The van der Waals surface area contributed by atoms with Crippen molar-refractivity contribution in [3.05, 3.63) is 23.3 Å². The van der Waals surface area contributed by atoms with Crippen LogP contribution in [-0.2, 0) is 0 Å². The molecule has 0 amide bonds. The molecule has 0 bridgehead atoms. The molecular weight excluding hydrogens is 257 g/mol. The van der Waals surface area contributed by atoms with Crippen LogP contribution in [0, 0.1) is 0 Å². The van der Waals surface area contributed by atoms with Gasteiger partial charge in [-0.2, -0.15) is 0 Å². The summed E-state index contributed by atoms with van der Waals surface area (Å²) in [6, 6.07) is 0. The van der Waals surface area contributed by atoms with Gasteiger partial charge in [-0.1, -0.05) is 23.2 Å². The first-order valence-electron chi connectivity index (χ1n) is 3.01. The van der Waals surface area contributed by atoms with Gasteiger partial charge in [0.1, 0.15) is 0 Å². The molecule has 2 atom stereocenters. The van der Waals surface area contributed by atoms with E-state index >= 15 is 0 Å². The Morgan fingerprint density at radius 1 is 0.714 bits per heavy atom. The maximum absolute atomic E-state index is 12.9. The van der Waals surface area contributed by atoms with E-state index in [1.54, 1.807) is 0 Å². The van der Waals surface area contributed by atoms with Crippen LogP contribution in [0.3, 0.4) is 0 Å². The Morgan fingerprint density at radius 2 is 0.929 bits per heavy atom. The molecular formula is C6Cl2F6. The number of hydrogen-bond acceptors (Lipinski definition) is 0. The SMILES string of the molecule is FC1=C(F)C(F)(Cl)C(F)(Cl)C(F)=C1F. The zero-order valence-corrected chi connectivity index (χ0v) is 7.54. The molecule has 14 heavy (non-hydrogen) atoms. The molecule has 80 valence electrons. The summed E-state index contributed by atoms with van der Waals surface area (Å²) in [5.41, 5.74) is 0. The lowest BCUT2D eigenvalue weighted by Crippen LogP contribution is -2.42. The molecule has 8 heteroatoms. The fourth-order valence-electron chi connectivity index (χ4n) is 0.744. The zero-order valence-electron chi connectivity index (χ0n) is 6.02. The highest BCUT2D eigenvalue weighted by atomic mass is 35.5. The predicted molar refractivity (Wildman–Crippen MR) is 37.9 cm³/mol. The molecule has 0 saturated heterocycles.